The lowest BCUT2D eigenvalue weighted by Crippen LogP contribution is -2.16. The molecule has 1 rings (SSSR count). The Bertz CT molecular complexity index is 378. The minimum atomic E-state index is -0.957. The van der Waals surface area contributed by atoms with Gasteiger partial charge < -0.3 is 14.6 Å². The second-order valence-electron chi connectivity index (χ2n) is 3.31. The van der Waals surface area contributed by atoms with Gasteiger partial charge in [0.2, 0.25) is 0 Å². The number of benzene rings is 1. The SMILES string of the molecule is COC(C)COc1cc(C(=O)O)ccc1I. The van der Waals surface area contributed by atoms with Crippen molar-refractivity contribution in [3.05, 3.63) is 27.3 Å². The van der Waals surface area contributed by atoms with Gasteiger partial charge in [-0.3, -0.25) is 0 Å². The summed E-state index contributed by atoms with van der Waals surface area (Å²) in [5.74, 6) is -0.384. The van der Waals surface area contributed by atoms with Crippen molar-refractivity contribution in [2.24, 2.45) is 0 Å². The van der Waals surface area contributed by atoms with Crippen molar-refractivity contribution in [2.45, 2.75) is 13.0 Å². The Morgan fingerprint density at radius 3 is 2.81 bits per heavy atom. The van der Waals surface area contributed by atoms with Crippen molar-refractivity contribution in [3.63, 3.8) is 0 Å². The van der Waals surface area contributed by atoms with Crippen LogP contribution in [0.1, 0.15) is 17.3 Å². The van der Waals surface area contributed by atoms with E-state index in [1.807, 2.05) is 6.92 Å². The van der Waals surface area contributed by atoms with Crippen LogP contribution in [0, 0.1) is 3.57 Å². The van der Waals surface area contributed by atoms with Gasteiger partial charge in [0.1, 0.15) is 12.4 Å². The Kier molecular flexibility index (Phi) is 5.01. The summed E-state index contributed by atoms with van der Waals surface area (Å²) >= 11 is 2.10. The molecular weight excluding hydrogens is 323 g/mol. The fourth-order valence-electron chi connectivity index (χ4n) is 1.02. The fraction of sp³-hybridized carbons (Fsp3) is 0.364. The lowest BCUT2D eigenvalue weighted by molar-refractivity contribution is 0.0688. The molecule has 5 heteroatoms. The van der Waals surface area contributed by atoms with E-state index in [0.717, 1.165) is 3.57 Å². The molecule has 0 radical (unpaired) electrons. The van der Waals surface area contributed by atoms with E-state index in [2.05, 4.69) is 22.6 Å². The number of carbonyl (C=O) groups is 1. The molecule has 0 aliphatic rings. The molecule has 4 nitrogen and oxygen atoms in total. The van der Waals surface area contributed by atoms with Gasteiger partial charge >= 0.3 is 5.97 Å². The molecule has 0 spiro atoms. The molecular formula is C11H13IO4. The lowest BCUT2D eigenvalue weighted by Gasteiger charge is -2.13. The second-order valence-corrected chi connectivity index (χ2v) is 4.47. The third-order valence-corrected chi connectivity index (χ3v) is 2.95. The van der Waals surface area contributed by atoms with Crippen LogP contribution >= 0.6 is 22.6 Å². The van der Waals surface area contributed by atoms with Crippen LogP contribution in [0.4, 0.5) is 0 Å². The largest absolute Gasteiger partial charge is 0.490 e. The molecule has 1 unspecified atom stereocenters. The van der Waals surface area contributed by atoms with Crippen LogP contribution in [0.15, 0.2) is 18.2 Å². The molecule has 1 atom stereocenters. The minimum Gasteiger partial charge on any atom is -0.490 e. The molecule has 1 N–H and O–H groups in total. The van der Waals surface area contributed by atoms with Crippen LogP contribution in [-0.4, -0.2) is 30.9 Å². The molecule has 88 valence electrons. The second kappa shape index (κ2) is 6.05. The van der Waals surface area contributed by atoms with Gasteiger partial charge in [-0.15, -0.1) is 0 Å². The summed E-state index contributed by atoms with van der Waals surface area (Å²) < 4.78 is 11.4. The number of aromatic carboxylic acids is 1. The Balaban J connectivity index is 2.78. The van der Waals surface area contributed by atoms with E-state index in [0.29, 0.717) is 12.4 Å². The van der Waals surface area contributed by atoms with Crippen LogP contribution in [0.25, 0.3) is 0 Å². The summed E-state index contributed by atoms with van der Waals surface area (Å²) in [7, 11) is 1.60. The van der Waals surface area contributed by atoms with Crippen LogP contribution in [0.5, 0.6) is 5.75 Å². The van der Waals surface area contributed by atoms with Crippen LogP contribution in [-0.2, 0) is 4.74 Å². The molecule has 0 amide bonds. The number of hydrogen-bond donors (Lipinski definition) is 1. The maximum atomic E-state index is 10.8. The smallest absolute Gasteiger partial charge is 0.335 e. The molecule has 0 fully saturated rings. The monoisotopic (exact) mass is 336 g/mol. The Morgan fingerprint density at radius 2 is 2.25 bits per heavy atom. The van der Waals surface area contributed by atoms with E-state index in [4.69, 9.17) is 14.6 Å². The maximum absolute atomic E-state index is 10.8. The predicted molar refractivity (Wildman–Crippen MR) is 68.1 cm³/mol. The molecule has 1 aromatic carbocycles. The summed E-state index contributed by atoms with van der Waals surface area (Å²) in [6.45, 7) is 2.28. The number of ether oxygens (including phenoxy) is 2. The predicted octanol–water partition coefficient (Wildman–Crippen LogP) is 2.40. The highest BCUT2D eigenvalue weighted by Crippen LogP contribution is 2.22. The topological polar surface area (TPSA) is 55.8 Å². The standard InChI is InChI=1S/C11H13IO4/c1-7(15-2)6-16-10-5-8(11(13)14)3-4-9(10)12/h3-5,7H,6H2,1-2H3,(H,13,14). The summed E-state index contributed by atoms with van der Waals surface area (Å²) in [6.07, 6.45) is -0.0238. The van der Waals surface area contributed by atoms with Crippen molar-refractivity contribution in [1.82, 2.24) is 0 Å². The Labute approximate surface area is 108 Å². The Hall–Kier alpha value is -0.820. The quantitative estimate of drug-likeness (QED) is 0.839. The highest BCUT2D eigenvalue weighted by Gasteiger charge is 2.09. The third-order valence-electron chi connectivity index (χ3n) is 2.05. The molecule has 0 saturated carbocycles. The van der Waals surface area contributed by atoms with Gasteiger partial charge in [0.25, 0.3) is 0 Å². The number of methoxy groups -OCH3 is 1. The zero-order chi connectivity index (χ0) is 12.1. The summed E-state index contributed by atoms with van der Waals surface area (Å²) in [5, 5.41) is 8.84. The number of carboxylic acids is 1. The number of carboxylic acid groups (broad SMARTS) is 1. The fourth-order valence-corrected chi connectivity index (χ4v) is 1.51. The van der Waals surface area contributed by atoms with E-state index < -0.39 is 5.97 Å². The third kappa shape index (κ3) is 3.64. The van der Waals surface area contributed by atoms with E-state index in [-0.39, 0.29) is 11.7 Å². The molecule has 0 aliphatic heterocycles. The molecule has 1 aromatic rings. The van der Waals surface area contributed by atoms with Gasteiger partial charge in [0.05, 0.1) is 15.2 Å². The number of hydrogen-bond acceptors (Lipinski definition) is 3. The van der Waals surface area contributed by atoms with Gasteiger partial charge in [-0.2, -0.15) is 0 Å². The van der Waals surface area contributed by atoms with Crippen molar-refractivity contribution in [2.75, 3.05) is 13.7 Å². The van der Waals surface area contributed by atoms with Gasteiger partial charge in [0.15, 0.2) is 0 Å². The first kappa shape index (κ1) is 13.2. The summed E-state index contributed by atoms with van der Waals surface area (Å²) in [6, 6.07) is 4.79. The van der Waals surface area contributed by atoms with Gasteiger partial charge in [0, 0.05) is 7.11 Å². The van der Waals surface area contributed by atoms with Crippen LogP contribution < -0.4 is 4.74 Å². The number of halogens is 1. The number of rotatable bonds is 5. The highest BCUT2D eigenvalue weighted by atomic mass is 127. The van der Waals surface area contributed by atoms with Crippen molar-refractivity contribution >= 4 is 28.6 Å². The van der Waals surface area contributed by atoms with E-state index in [1.165, 1.54) is 6.07 Å². The highest BCUT2D eigenvalue weighted by molar-refractivity contribution is 14.1. The van der Waals surface area contributed by atoms with Gasteiger partial charge in [-0.25, -0.2) is 4.79 Å². The zero-order valence-electron chi connectivity index (χ0n) is 9.07. The van der Waals surface area contributed by atoms with Crippen molar-refractivity contribution < 1.29 is 19.4 Å². The van der Waals surface area contributed by atoms with E-state index >= 15 is 0 Å². The van der Waals surface area contributed by atoms with Gasteiger partial charge in [-0.1, -0.05) is 0 Å². The molecule has 0 bridgehead atoms. The van der Waals surface area contributed by atoms with E-state index in [9.17, 15) is 4.79 Å². The molecule has 0 aromatic heterocycles. The first-order chi connectivity index (χ1) is 7.54. The van der Waals surface area contributed by atoms with Crippen molar-refractivity contribution in [3.8, 4) is 5.75 Å². The van der Waals surface area contributed by atoms with E-state index in [1.54, 1.807) is 19.2 Å². The lowest BCUT2D eigenvalue weighted by atomic mass is 10.2. The molecule has 0 heterocycles. The maximum Gasteiger partial charge on any atom is 0.335 e. The molecule has 0 aliphatic carbocycles. The average molecular weight is 336 g/mol. The normalized spacial score (nSPS) is 12.2. The van der Waals surface area contributed by atoms with Crippen molar-refractivity contribution in [1.29, 1.82) is 0 Å². The minimum absolute atomic E-state index is 0.0238. The Morgan fingerprint density at radius 1 is 1.56 bits per heavy atom. The first-order valence-electron chi connectivity index (χ1n) is 4.73. The average Bonchev–Trinajstić information content (AvgIpc) is 2.27. The molecule has 0 saturated heterocycles. The van der Waals surface area contributed by atoms with Crippen LogP contribution in [0.3, 0.4) is 0 Å². The summed E-state index contributed by atoms with van der Waals surface area (Å²) in [5.41, 5.74) is 0.223. The van der Waals surface area contributed by atoms with Gasteiger partial charge in [-0.05, 0) is 47.7 Å². The summed E-state index contributed by atoms with van der Waals surface area (Å²) in [4.78, 5) is 10.8. The molecule has 16 heavy (non-hydrogen) atoms. The van der Waals surface area contributed by atoms with Crippen LogP contribution in [0.2, 0.25) is 0 Å². The first-order valence-corrected chi connectivity index (χ1v) is 5.81. The zero-order valence-corrected chi connectivity index (χ0v) is 11.2.